The average Bonchev–Trinajstić information content (AvgIpc) is 3.69. The van der Waals surface area contributed by atoms with Crippen molar-refractivity contribution in [3.8, 4) is 11.1 Å². The molecular weight excluding hydrogens is 444 g/mol. The van der Waals surface area contributed by atoms with Crippen LogP contribution in [0.3, 0.4) is 0 Å². The van der Waals surface area contributed by atoms with E-state index in [-0.39, 0.29) is 0 Å². The van der Waals surface area contributed by atoms with E-state index in [2.05, 4.69) is 52.0 Å². The Balaban J connectivity index is 1.50. The summed E-state index contributed by atoms with van der Waals surface area (Å²) in [4.78, 5) is 9.53. The van der Waals surface area contributed by atoms with E-state index in [0.717, 1.165) is 46.3 Å². The van der Waals surface area contributed by atoms with Gasteiger partial charge < -0.3 is 10.6 Å². The van der Waals surface area contributed by atoms with Gasteiger partial charge in [0, 0.05) is 27.4 Å². The van der Waals surface area contributed by atoms with Gasteiger partial charge in [-0.05, 0) is 68.4 Å². The van der Waals surface area contributed by atoms with Gasteiger partial charge in [-0.25, -0.2) is 4.98 Å². The van der Waals surface area contributed by atoms with Gasteiger partial charge >= 0.3 is 0 Å². The molecule has 0 amide bonds. The van der Waals surface area contributed by atoms with Gasteiger partial charge in [0.1, 0.15) is 11.6 Å². The number of hydrazone groups is 1. The highest BCUT2D eigenvalue weighted by Crippen LogP contribution is 2.33. The standard InChI is InChI=1S/C27H27ClN6/c1-17(19-12-13-19)33-34-18(2)29-26-23-16-20(22-10-6-7-11-24(22)28)14-15-25(23)31-27(32-26)30-21-8-4-3-5-9-21/h4,6-11,14-16,19,34H,2-3,5,12-13H2,1H3,(H2,29,30,31,32)/b33-17+. The third kappa shape index (κ3) is 5.13. The summed E-state index contributed by atoms with van der Waals surface area (Å²) < 4.78 is 0. The van der Waals surface area contributed by atoms with Crippen LogP contribution in [0.4, 0.5) is 11.8 Å². The highest BCUT2D eigenvalue weighted by Gasteiger charge is 2.24. The lowest BCUT2D eigenvalue weighted by molar-refractivity contribution is 0.879. The molecule has 0 radical (unpaired) electrons. The van der Waals surface area contributed by atoms with Gasteiger partial charge in [0.05, 0.1) is 5.52 Å². The zero-order valence-electron chi connectivity index (χ0n) is 19.1. The van der Waals surface area contributed by atoms with E-state index in [9.17, 15) is 0 Å². The summed E-state index contributed by atoms with van der Waals surface area (Å²) >= 11 is 6.46. The molecule has 1 fully saturated rings. The lowest BCUT2D eigenvalue weighted by Gasteiger charge is -2.15. The zero-order valence-corrected chi connectivity index (χ0v) is 19.9. The van der Waals surface area contributed by atoms with Crippen molar-refractivity contribution < 1.29 is 0 Å². The van der Waals surface area contributed by atoms with Crippen LogP contribution in [0.25, 0.3) is 22.0 Å². The number of rotatable bonds is 8. The van der Waals surface area contributed by atoms with Gasteiger partial charge in [-0.15, -0.1) is 0 Å². The summed E-state index contributed by atoms with van der Waals surface area (Å²) in [6.45, 7) is 6.14. The number of anilines is 2. The Labute approximate surface area is 204 Å². The average molecular weight is 471 g/mol. The molecule has 7 heteroatoms. The fourth-order valence-electron chi connectivity index (χ4n) is 3.90. The molecule has 3 N–H and O–H groups in total. The van der Waals surface area contributed by atoms with Gasteiger partial charge in [0.15, 0.2) is 0 Å². The van der Waals surface area contributed by atoms with E-state index in [4.69, 9.17) is 21.6 Å². The number of hydrogen-bond acceptors (Lipinski definition) is 6. The Morgan fingerprint density at radius 3 is 2.74 bits per heavy atom. The van der Waals surface area contributed by atoms with E-state index >= 15 is 0 Å². The lowest BCUT2D eigenvalue weighted by atomic mass is 10.0. The monoisotopic (exact) mass is 470 g/mol. The molecule has 1 heterocycles. The number of nitrogens with one attached hydrogen (secondary N) is 3. The molecule has 0 unspecified atom stereocenters. The second-order valence-corrected chi connectivity index (χ2v) is 9.02. The topological polar surface area (TPSA) is 74.2 Å². The normalized spacial score (nSPS) is 15.7. The summed E-state index contributed by atoms with van der Waals surface area (Å²) in [6, 6.07) is 13.9. The quantitative estimate of drug-likeness (QED) is 0.248. The highest BCUT2D eigenvalue weighted by molar-refractivity contribution is 6.33. The number of hydrogen-bond donors (Lipinski definition) is 3. The molecule has 2 aliphatic rings. The predicted octanol–water partition coefficient (Wildman–Crippen LogP) is 6.85. The number of benzene rings is 2. The first kappa shape index (κ1) is 22.2. The number of allylic oxidation sites excluding steroid dienone is 3. The Kier molecular flexibility index (Phi) is 6.32. The number of halogens is 1. The van der Waals surface area contributed by atoms with Crippen LogP contribution in [-0.2, 0) is 0 Å². The largest absolute Gasteiger partial charge is 0.325 e. The van der Waals surface area contributed by atoms with Crippen molar-refractivity contribution in [2.45, 2.75) is 32.6 Å². The third-order valence-corrected chi connectivity index (χ3v) is 6.27. The van der Waals surface area contributed by atoms with Crippen LogP contribution < -0.4 is 16.1 Å². The number of fused-ring (bicyclic) bond motifs is 1. The van der Waals surface area contributed by atoms with Crippen molar-refractivity contribution in [2.75, 3.05) is 10.6 Å². The summed E-state index contributed by atoms with van der Waals surface area (Å²) in [5, 5.41) is 12.6. The van der Waals surface area contributed by atoms with Crippen LogP contribution in [0.5, 0.6) is 0 Å². The summed E-state index contributed by atoms with van der Waals surface area (Å²) in [5.74, 6) is 2.29. The fraction of sp³-hybridized carbons (Fsp3) is 0.222. The minimum Gasteiger partial charge on any atom is -0.325 e. The zero-order chi connectivity index (χ0) is 23.5. The minimum atomic E-state index is 0.517. The molecule has 0 bridgehead atoms. The van der Waals surface area contributed by atoms with E-state index in [0.29, 0.717) is 28.5 Å². The lowest BCUT2D eigenvalue weighted by Crippen LogP contribution is -2.16. The second-order valence-electron chi connectivity index (χ2n) is 8.61. The Morgan fingerprint density at radius 1 is 1.12 bits per heavy atom. The van der Waals surface area contributed by atoms with E-state index in [1.165, 1.54) is 12.8 Å². The molecule has 6 nitrogen and oxygen atoms in total. The molecule has 5 rings (SSSR count). The Morgan fingerprint density at radius 2 is 1.97 bits per heavy atom. The van der Waals surface area contributed by atoms with Crippen molar-refractivity contribution in [3.05, 3.63) is 83.8 Å². The summed E-state index contributed by atoms with van der Waals surface area (Å²) in [6.07, 6.45) is 10.8. The maximum Gasteiger partial charge on any atom is 0.229 e. The molecule has 2 aromatic carbocycles. The van der Waals surface area contributed by atoms with Crippen molar-refractivity contribution >= 4 is 40.0 Å². The fourth-order valence-corrected chi connectivity index (χ4v) is 4.14. The third-order valence-electron chi connectivity index (χ3n) is 5.94. The maximum atomic E-state index is 6.46. The van der Waals surface area contributed by atoms with Gasteiger partial charge in [0.2, 0.25) is 5.95 Å². The first-order chi connectivity index (χ1) is 16.6. The van der Waals surface area contributed by atoms with Crippen molar-refractivity contribution in [1.29, 1.82) is 0 Å². The summed E-state index contributed by atoms with van der Waals surface area (Å²) in [5.41, 5.74) is 7.87. The van der Waals surface area contributed by atoms with Gasteiger partial charge in [-0.2, -0.15) is 10.1 Å². The molecule has 34 heavy (non-hydrogen) atoms. The SMILES string of the molecule is C=C(N/N=C(\C)C1CC1)Nc1nc(NC2=CCCC=C2)nc2ccc(-c3ccccc3Cl)cc12. The molecule has 0 atom stereocenters. The minimum absolute atomic E-state index is 0.517. The van der Waals surface area contributed by atoms with Gasteiger partial charge in [-0.1, -0.05) is 54.6 Å². The van der Waals surface area contributed by atoms with E-state index in [1.807, 2.05) is 43.3 Å². The molecule has 3 aromatic rings. The smallest absolute Gasteiger partial charge is 0.229 e. The predicted molar refractivity (Wildman–Crippen MR) is 142 cm³/mol. The molecule has 2 aliphatic carbocycles. The molecular formula is C27H27ClN6. The van der Waals surface area contributed by atoms with Crippen molar-refractivity contribution in [1.82, 2.24) is 15.4 Å². The first-order valence-electron chi connectivity index (χ1n) is 11.5. The van der Waals surface area contributed by atoms with E-state index < -0.39 is 0 Å². The van der Waals surface area contributed by atoms with Crippen LogP contribution in [0.15, 0.2) is 83.9 Å². The summed E-state index contributed by atoms with van der Waals surface area (Å²) in [7, 11) is 0. The van der Waals surface area contributed by atoms with Crippen LogP contribution in [0.1, 0.15) is 32.6 Å². The van der Waals surface area contributed by atoms with Gasteiger partial charge in [-0.3, -0.25) is 5.43 Å². The molecule has 1 aromatic heterocycles. The molecule has 0 aliphatic heterocycles. The van der Waals surface area contributed by atoms with Crippen molar-refractivity contribution in [2.24, 2.45) is 11.0 Å². The van der Waals surface area contributed by atoms with Gasteiger partial charge in [0.25, 0.3) is 0 Å². The Hall–Kier alpha value is -3.64. The molecule has 0 saturated heterocycles. The van der Waals surface area contributed by atoms with Crippen molar-refractivity contribution in [3.63, 3.8) is 0 Å². The first-order valence-corrected chi connectivity index (χ1v) is 11.9. The number of nitrogens with zero attached hydrogens (tertiary/aromatic N) is 3. The van der Waals surface area contributed by atoms with Crippen LogP contribution in [-0.4, -0.2) is 15.7 Å². The molecule has 0 spiro atoms. The highest BCUT2D eigenvalue weighted by atomic mass is 35.5. The second kappa shape index (κ2) is 9.69. The Bertz CT molecular complexity index is 1340. The van der Waals surface area contributed by atoms with Crippen LogP contribution >= 0.6 is 11.6 Å². The number of aromatic nitrogens is 2. The van der Waals surface area contributed by atoms with Crippen LogP contribution in [0.2, 0.25) is 5.02 Å². The molecule has 172 valence electrons. The maximum absolute atomic E-state index is 6.46. The van der Waals surface area contributed by atoms with Crippen LogP contribution in [0, 0.1) is 5.92 Å². The molecule has 1 saturated carbocycles. The van der Waals surface area contributed by atoms with E-state index in [1.54, 1.807) is 0 Å².